The Kier molecular flexibility index (Phi) is 5.59. The standard InChI is InChI=1S/C24H30N2O2/c1-17-16-19-10-6-8-12-21(19)26(17)23(28)14-15-25(18(2)27)22-13-9-7-11-20(22)24(3,4)5/h6-13,17H,14-16H2,1-5H3. The average molecular weight is 379 g/mol. The van der Waals surface area contributed by atoms with Crippen LogP contribution in [0.5, 0.6) is 0 Å². The molecule has 0 saturated heterocycles. The van der Waals surface area contributed by atoms with Crippen LogP contribution in [-0.4, -0.2) is 24.4 Å². The van der Waals surface area contributed by atoms with Crippen molar-refractivity contribution >= 4 is 23.2 Å². The number of carbonyl (C=O) groups excluding carboxylic acids is 2. The molecule has 4 heteroatoms. The molecule has 0 aromatic heterocycles. The Morgan fingerprint density at radius 2 is 1.71 bits per heavy atom. The second kappa shape index (κ2) is 7.78. The van der Waals surface area contributed by atoms with Crippen molar-refractivity contribution in [3.8, 4) is 0 Å². The highest BCUT2D eigenvalue weighted by Gasteiger charge is 2.31. The molecule has 2 aromatic carbocycles. The minimum atomic E-state index is -0.0866. The Hall–Kier alpha value is -2.62. The SMILES string of the molecule is CC(=O)N(CCC(=O)N1c2ccccc2CC1C)c1ccccc1C(C)(C)C. The van der Waals surface area contributed by atoms with Crippen LogP contribution in [0, 0.1) is 0 Å². The van der Waals surface area contributed by atoms with Gasteiger partial charge in [0.2, 0.25) is 11.8 Å². The van der Waals surface area contributed by atoms with E-state index < -0.39 is 0 Å². The van der Waals surface area contributed by atoms with Gasteiger partial charge in [0, 0.05) is 37.3 Å². The lowest BCUT2D eigenvalue weighted by Crippen LogP contribution is -2.39. The van der Waals surface area contributed by atoms with E-state index in [1.165, 1.54) is 5.56 Å². The molecule has 1 aliphatic heterocycles. The summed E-state index contributed by atoms with van der Waals surface area (Å²) in [6.07, 6.45) is 1.18. The van der Waals surface area contributed by atoms with Gasteiger partial charge in [0.15, 0.2) is 0 Å². The molecule has 28 heavy (non-hydrogen) atoms. The van der Waals surface area contributed by atoms with Crippen LogP contribution in [0.3, 0.4) is 0 Å². The first-order valence-corrected chi connectivity index (χ1v) is 9.97. The largest absolute Gasteiger partial charge is 0.312 e. The van der Waals surface area contributed by atoms with Crippen molar-refractivity contribution < 1.29 is 9.59 Å². The molecule has 0 spiro atoms. The Morgan fingerprint density at radius 1 is 1.07 bits per heavy atom. The summed E-state index contributed by atoms with van der Waals surface area (Å²) in [5.74, 6) is 0.0244. The molecule has 0 N–H and O–H groups in total. The minimum absolute atomic E-state index is 0.0422. The van der Waals surface area contributed by atoms with Gasteiger partial charge in [-0.05, 0) is 42.0 Å². The maximum Gasteiger partial charge on any atom is 0.229 e. The van der Waals surface area contributed by atoms with Crippen LogP contribution in [0.25, 0.3) is 0 Å². The molecule has 2 amide bonds. The number of nitrogens with zero attached hydrogens (tertiary/aromatic N) is 2. The highest BCUT2D eigenvalue weighted by Crippen LogP contribution is 2.34. The third-order valence-electron chi connectivity index (χ3n) is 5.41. The molecule has 3 rings (SSSR count). The molecule has 0 aliphatic carbocycles. The maximum absolute atomic E-state index is 13.0. The summed E-state index contributed by atoms with van der Waals surface area (Å²) in [7, 11) is 0. The lowest BCUT2D eigenvalue weighted by molar-refractivity contribution is -0.119. The zero-order valence-electron chi connectivity index (χ0n) is 17.5. The van der Waals surface area contributed by atoms with Crippen LogP contribution in [0.1, 0.15) is 52.2 Å². The predicted octanol–water partition coefficient (Wildman–Crippen LogP) is 4.70. The number of carbonyl (C=O) groups is 2. The first kappa shape index (κ1) is 20.1. The van der Waals surface area contributed by atoms with Crippen molar-refractivity contribution in [2.75, 3.05) is 16.3 Å². The summed E-state index contributed by atoms with van der Waals surface area (Å²) in [6.45, 7) is 10.4. The second-order valence-corrected chi connectivity index (χ2v) is 8.63. The lowest BCUT2D eigenvalue weighted by atomic mass is 9.85. The number of hydrogen-bond acceptors (Lipinski definition) is 2. The number of rotatable bonds is 4. The number of amides is 2. The molecule has 0 fully saturated rings. The molecule has 4 nitrogen and oxygen atoms in total. The molecular formula is C24H30N2O2. The highest BCUT2D eigenvalue weighted by atomic mass is 16.2. The van der Waals surface area contributed by atoms with Gasteiger partial charge >= 0.3 is 0 Å². The zero-order chi connectivity index (χ0) is 20.5. The van der Waals surface area contributed by atoms with E-state index in [9.17, 15) is 9.59 Å². The van der Waals surface area contributed by atoms with Gasteiger partial charge in [-0.25, -0.2) is 0 Å². The molecule has 0 bridgehead atoms. The number of hydrogen-bond donors (Lipinski definition) is 0. The maximum atomic E-state index is 13.0. The normalized spacial score (nSPS) is 16.0. The second-order valence-electron chi connectivity index (χ2n) is 8.63. The zero-order valence-corrected chi connectivity index (χ0v) is 17.5. The monoisotopic (exact) mass is 378 g/mol. The first-order chi connectivity index (χ1) is 13.2. The Bertz CT molecular complexity index is 882. The number of fused-ring (bicyclic) bond motifs is 1. The molecule has 1 unspecified atom stereocenters. The van der Waals surface area contributed by atoms with E-state index in [-0.39, 0.29) is 23.3 Å². The van der Waals surface area contributed by atoms with Gasteiger partial charge in [-0.2, -0.15) is 0 Å². The van der Waals surface area contributed by atoms with Crippen LogP contribution in [0.15, 0.2) is 48.5 Å². The summed E-state index contributed by atoms with van der Waals surface area (Å²) in [5.41, 5.74) is 4.13. The molecule has 1 heterocycles. The number of anilines is 2. The fourth-order valence-electron chi connectivity index (χ4n) is 4.06. The third-order valence-corrected chi connectivity index (χ3v) is 5.41. The smallest absolute Gasteiger partial charge is 0.229 e. The third kappa shape index (κ3) is 3.96. The fraction of sp³-hybridized carbons (Fsp3) is 0.417. The Morgan fingerprint density at radius 3 is 2.39 bits per heavy atom. The molecule has 1 atom stereocenters. The molecule has 2 aromatic rings. The Balaban J connectivity index is 1.81. The molecule has 0 saturated carbocycles. The average Bonchev–Trinajstić information content (AvgIpc) is 2.96. The van der Waals surface area contributed by atoms with Crippen LogP contribution >= 0.6 is 0 Å². The van der Waals surface area contributed by atoms with Gasteiger partial charge in [-0.1, -0.05) is 57.2 Å². The summed E-state index contributed by atoms with van der Waals surface area (Å²) in [4.78, 5) is 29.1. The first-order valence-electron chi connectivity index (χ1n) is 9.97. The van der Waals surface area contributed by atoms with E-state index in [4.69, 9.17) is 0 Å². The summed E-state index contributed by atoms with van der Waals surface area (Å²) >= 11 is 0. The van der Waals surface area contributed by atoms with E-state index in [0.717, 1.165) is 23.4 Å². The van der Waals surface area contributed by atoms with E-state index >= 15 is 0 Å². The van der Waals surface area contributed by atoms with E-state index in [2.05, 4.69) is 39.8 Å². The van der Waals surface area contributed by atoms with Crippen molar-refractivity contribution in [1.29, 1.82) is 0 Å². The van der Waals surface area contributed by atoms with E-state index in [1.807, 2.05) is 41.3 Å². The summed E-state index contributed by atoms with van der Waals surface area (Å²) in [5, 5.41) is 0. The fourth-order valence-corrected chi connectivity index (χ4v) is 4.06. The highest BCUT2D eigenvalue weighted by molar-refractivity contribution is 5.98. The lowest BCUT2D eigenvalue weighted by Gasteiger charge is -2.30. The topological polar surface area (TPSA) is 40.6 Å². The van der Waals surface area contributed by atoms with Gasteiger partial charge in [0.25, 0.3) is 0 Å². The van der Waals surface area contributed by atoms with Crippen molar-refractivity contribution in [3.05, 3.63) is 59.7 Å². The number of benzene rings is 2. The van der Waals surface area contributed by atoms with E-state index in [1.54, 1.807) is 11.8 Å². The molecular weight excluding hydrogens is 348 g/mol. The summed E-state index contributed by atoms with van der Waals surface area (Å²) < 4.78 is 0. The quantitative estimate of drug-likeness (QED) is 0.773. The predicted molar refractivity (Wildman–Crippen MR) is 115 cm³/mol. The van der Waals surface area contributed by atoms with E-state index in [0.29, 0.717) is 13.0 Å². The Labute approximate surface area is 168 Å². The van der Waals surface area contributed by atoms with Crippen molar-refractivity contribution in [1.82, 2.24) is 0 Å². The van der Waals surface area contributed by atoms with Gasteiger partial charge in [0.1, 0.15) is 0 Å². The summed E-state index contributed by atoms with van der Waals surface area (Å²) in [6, 6.07) is 16.2. The minimum Gasteiger partial charge on any atom is -0.312 e. The van der Waals surface area contributed by atoms with Crippen LogP contribution in [-0.2, 0) is 21.4 Å². The number of para-hydroxylation sites is 2. The van der Waals surface area contributed by atoms with Crippen molar-refractivity contribution in [3.63, 3.8) is 0 Å². The van der Waals surface area contributed by atoms with Crippen molar-refractivity contribution in [2.45, 2.75) is 58.9 Å². The van der Waals surface area contributed by atoms with Gasteiger partial charge in [0.05, 0.1) is 0 Å². The van der Waals surface area contributed by atoms with Crippen LogP contribution in [0.2, 0.25) is 0 Å². The van der Waals surface area contributed by atoms with Crippen LogP contribution < -0.4 is 9.80 Å². The van der Waals surface area contributed by atoms with Gasteiger partial charge < -0.3 is 9.80 Å². The molecule has 148 valence electrons. The molecule has 0 radical (unpaired) electrons. The van der Waals surface area contributed by atoms with Gasteiger partial charge in [-0.3, -0.25) is 9.59 Å². The van der Waals surface area contributed by atoms with Crippen molar-refractivity contribution in [2.24, 2.45) is 0 Å². The van der Waals surface area contributed by atoms with Crippen LogP contribution in [0.4, 0.5) is 11.4 Å². The van der Waals surface area contributed by atoms with Gasteiger partial charge in [-0.15, -0.1) is 0 Å². The molecule has 1 aliphatic rings.